The van der Waals surface area contributed by atoms with Crippen LogP contribution in [0.2, 0.25) is 0 Å². The zero-order valence-corrected chi connectivity index (χ0v) is 25.5. The van der Waals surface area contributed by atoms with Crippen molar-refractivity contribution >= 4 is 11.6 Å². The molecule has 4 bridgehead atoms. The summed E-state index contributed by atoms with van der Waals surface area (Å²) < 4.78 is 11.8. The van der Waals surface area contributed by atoms with Gasteiger partial charge in [0, 0.05) is 29.6 Å². The number of aromatic hydroxyl groups is 2. The van der Waals surface area contributed by atoms with Gasteiger partial charge in [-0.2, -0.15) is 0 Å². The van der Waals surface area contributed by atoms with Gasteiger partial charge in [-0.25, -0.2) is 0 Å². The van der Waals surface area contributed by atoms with Crippen LogP contribution in [-0.2, 0) is 33.3 Å². The molecule has 3 fully saturated rings. The van der Waals surface area contributed by atoms with Crippen molar-refractivity contribution in [1.82, 2.24) is 10.6 Å². The first-order valence-corrected chi connectivity index (χ1v) is 16.2. The number of aliphatic hydroxyl groups excluding tert-OH is 1. The van der Waals surface area contributed by atoms with Crippen molar-refractivity contribution in [2.75, 3.05) is 13.1 Å². The van der Waals surface area contributed by atoms with Gasteiger partial charge in [-0.3, -0.25) is 9.59 Å². The molecule has 4 heterocycles. The molecule has 0 amide bonds. The quantitative estimate of drug-likeness (QED) is 0.0965. The highest BCUT2D eigenvalue weighted by Gasteiger charge is 2.74. The van der Waals surface area contributed by atoms with E-state index >= 15 is 0 Å². The molecule has 4 aliphatic heterocycles. The Labute approximate surface area is 269 Å². The summed E-state index contributed by atoms with van der Waals surface area (Å²) in [4.78, 5) is 25.1. The van der Waals surface area contributed by atoms with Crippen LogP contribution < -0.4 is 25.4 Å². The Morgan fingerprint density at radius 2 is 1.34 bits per heavy atom. The normalized spacial score (nSPS) is 40.6. The van der Waals surface area contributed by atoms with Crippen LogP contribution in [0, 0.1) is 0 Å². The molecular weight excluding hydrogens is 612 g/mol. The standard InChI is InChI=1S/C17H19NO5.C17H17NO4.H2O2/c19-9-3-2-8-6-11-17(22)12(21)7-10(20)15-16(17,4-1-5-18-11)13(8)14(9)23-15;19-10-3-2-9-8-12-17(21)6-4-11(20)15-16(17,5-1-7-18-12)13(9)14(10)22-15;1-2/h2-3,11-12,15,18-19,21-22H,1,4-7H2;2-4,6,12,15,18-19,21H,1,5,7-8H2;1H2/t11-,12?,15+,16+,17+;12-,15+,16+,17-;/m11./s1. The van der Waals surface area contributed by atoms with E-state index in [4.69, 9.17) is 14.7 Å². The van der Waals surface area contributed by atoms with Crippen molar-refractivity contribution in [3.8, 4) is 23.0 Å². The van der Waals surface area contributed by atoms with Crippen LogP contribution >= 0.6 is 0 Å². The summed E-state index contributed by atoms with van der Waals surface area (Å²) >= 11 is 0. The fraction of sp³-hybridized carbons (Fsp3) is 0.529. The first-order valence-electron chi connectivity index (χ1n) is 16.2. The number of rotatable bonds is 0. The summed E-state index contributed by atoms with van der Waals surface area (Å²) in [7, 11) is 0. The Bertz CT molecular complexity index is 1730. The third-order valence-corrected chi connectivity index (χ3v) is 12.3. The third-order valence-electron chi connectivity index (χ3n) is 12.3. The van der Waals surface area contributed by atoms with E-state index in [9.17, 15) is 35.1 Å². The lowest BCUT2D eigenvalue weighted by atomic mass is 9.50. The van der Waals surface area contributed by atoms with Crippen molar-refractivity contribution < 1.29 is 55.1 Å². The predicted octanol–water partition coefficient (Wildman–Crippen LogP) is -1.68. The first-order chi connectivity index (χ1) is 22.6. The van der Waals surface area contributed by atoms with Crippen molar-refractivity contribution in [3.63, 3.8) is 0 Å². The summed E-state index contributed by atoms with van der Waals surface area (Å²) in [5, 5.41) is 73.0. The number of ketones is 2. The number of hydrogen-bond donors (Lipinski definition) is 7. The fourth-order valence-electron chi connectivity index (χ4n) is 10.5. The summed E-state index contributed by atoms with van der Waals surface area (Å²) in [5.41, 5.74) is -0.766. The van der Waals surface area contributed by atoms with Crippen LogP contribution in [0.5, 0.6) is 23.0 Å². The molecule has 9 N–H and O–H groups in total. The number of phenols is 2. The second kappa shape index (κ2) is 10.2. The fourth-order valence-corrected chi connectivity index (χ4v) is 10.5. The van der Waals surface area contributed by atoms with Crippen molar-refractivity contribution in [3.05, 3.63) is 58.7 Å². The lowest BCUT2D eigenvalue weighted by molar-refractivity contribution is -0.670. The zero-order valence-electron chi connectivity index (χ0n) is 25.5. The number of hydrogen-bond acceptors (Lipinski definition) is 12. The number of ether oxygens (including phenoxy) is 2. The molecule has 4 aliphatic carbocycles. The first kappa shape index (κ1) is 30.8. The maximum Gasteiger partial charge on any atom is 0.196 e. The minimum absolute atomic E-state index is 0.00665. The molecule has 47 heavy (non-hydrogen) atoms. The number of carbonyl (C=O) groups excluding carboxylic acids is 2. The molecule has 250 valence electrons. The minimum Gasteiger partial charge on any atom is -0.536 e. The van der Waals surface area contributed by atoms with Gasteiger partial charge in [0.25, 0.3) is 0 Å². The lowest BCUT2D eigenvalue weighted by Crippen LogP contribution is -2.76. The molecule has 13 heteroatoms. The highest BCUT2D eigenvalue weighted by molar-refractivity contribution is 5.99. The largest absolute Gasteiger partial charge is 0.536 e. The van der Waals surface area contributed by atoms with Crippen LogP contribution in [0.1, 0.15) is 54.4 Å². The van der Waals surface area contributed by atoms with Gasteiger partial charge >= 0.3 is 0 Å². The Morgan fingerprint density at radius 3 is 2.00 bits per heavy atom. The van der Waals surface area contributed by atoms with Gasteiger partial charge in [-0.05, 0) is 87.0 Å². The van der Waals surface area contributed by atoms with Crippen LogP contribution in [0.25, 0.3) is 0 Å². The Balaban J connectivity index is 0.000000131. The molecule has 9 atom stereocenters. The van der Waals surface area contributed by atoms with E-state index in [1.165, 1.54) is 6.08 Å². The maximum absolute atomic E-state index is 12.6. The zero-order chi connectivity index (χ0) is 33.1. The predicted molar refractivity (Wildman–Crippen MR) is 161 cm³/mol. The molecule has 2 saturated heterocycles. The highest BCUT2D eigenvalue weighted by Crippen LogP contribution is 2.64. The van der Waals surface area contributed by atoms with E-state index in [-0.39, 0.29) is 41.6 Å². The minimum atomic E-state index is -1.46. The molecule has 0 aromatic heterocycles. The van der Waals surface area contributed by atoms with Crippen molar-refractivity contribution in [2.45, 2.75) is 97.4 Å². The number of nitrogens with one attached hydrogen (secondary N) is 2. The highest BCUT2D eigenvalue weighted by atomic mass is 17.0. The van der Waals surface area contributed by atoms with Gasteiger partial charge in [-0.1, -0.05) is 12.1 Å². The van der Waals surface area contributed by atoms with Gasteiger partial charge in [0.1, 0.15) is 11.2 Å². The third kappa shape index (κ3) is 3.52. The summed E-state index contributed by atoms with van der Waals surface area (Å²) in [6.07, 6.45) is 4.31. The molecule has 1 saturated carbocycles. The molecule has 1 unspecified atom stereocenters. The summed E-state index contributed by atoms with van der Waals surface area (Å²) in [5.74, 6) is 0.410. The van der Waals surface area contributed by atoms with E-state index < -0.39 is 40.3 Å². The van der Waals surface area contributed by atoms with E-state index in [2.05, 4.69) is 15.9 Å². The number of Topliss-reactive ketones (excluding diaryl/α,β-unsaturated/α-hetero) is 1. The van der Waals surface area contributed by atoms with E-state index in [0.717, 1.165) is 48.2 Å². The molecule has 13 nitrogen and oxygen atoms in total. The van der Waals surface area contributed by atoms with Crippen molar-refractivity contribution in [1.29, 1.82) is 0 Å². The van der Waals surface area contributed by atoms with Gasteiger partial charge in [0.15, 0.2) is 46.8 Å². The second-order valence-corrected chi connectivity index (χ2v) is 14.0. The number of carbonyl (C=O) groups is 2. The molecule has 0 radical (unpaired) electrons. The van der Waals surface area contributed by atoms with E-state index in [1.807, 2.05) is 12.1 Å². The Hall–Kier alpha value is -3.56. The van der Waals surface area contributed by atoms with Crippen LogP contribution in [0.15, 0.2) is 36.4 Å². The smallest absolute Gasteiger partial charge is 0.196 e. The number of phenolic OH excluding ortho intramolecular Hbond substituents is 2. The van der Waals surface area contributed by atoms with E-state index in [0.29, 0.717) is 37.2 Å². The molecular formula is C34H38N2O11. The topological polar surface area (TPSA) is 224 Å². The van der Waals surface area contributed by atoms with Gasteiger partial charge in [0.05, 0.1) is 16.9 Å². The average molecular weight is 651 g/mol. The monoisotopic (exact) mass is 650 g/mol. The van der Waals surface area contributed by atoms with Crippen molar-refractivity contribution in [2.24, 2.45) is 0 Å². The molecule has 2 aromatic rings. The number of aliphatic hydroxyl groups is 3. The number of benzene rings is 2. The molecule has 8 aliphatic rings. The van der Waals surface area contributed by atoms with Gasteiger partial charge < -0.3 is 56.2 Å². The second-order valence-electron chi connectivity index (χ2n) is 14.0. The van der Waals surface area contributed by atoms with Crippen LogP contribution in [0.4, 0.5) is 0 Å². The Kier molecular flexibility index (Phi) is 6.69. The Morgan fingerprint density at radius 1 is 0.787 bits per heavy atom. The lowest BCUT2D eigenvalue weighted by Gasteiger charge is -2.57. The molecule has 2 aromatic carbocycles. The van der Waals surface area contributed by atoms with Gasteiger partial charge in [-0.15, -0.1) is 0 Å². The molecule has 2 spiro atoms. The van der Waals surface area contributed by atoms with Crippen LogP contribution in [0.3, 0.4) is 0 Å². The summed E-state index contributed by atoms with van der Waals surface area (Å²) in [6, 6.07) is 6.46. The van der Waals surface area contributed by atoms with Crippen LogP contribution in [-0.4, -0.2) is 97.0 Å². The SMILES string of the molecule is O=C1C=C[C@@]2(O)[C@H]3Cc4ccc(O)c5c4[C@@]2(CCCN3)[C@H]1O5.O=C1CC(O)[C@@]2(O)[C@H]3Cc4ccc(O)c5c4[C@@]2(CCCN3)[C@H]1O5.[O-][OH2+]. The summed E-state index contributed by atoms with van der Waals surface area (Å²) in [6.45, 7) is 1.52. The van der Waals surface area contributed by atoms with Gasteiger partial charge in [0.2, 0.25) is 0 Å². The maximum atomic E-state index is 12.6. The average Bonchev–Trinajstić information content (AvgIpc) is 3.57. The van der Waals surface area contributed by atoms with E-state index in [1.54, 1.807) is 18.2 Å². The molecule has 10 rings (SSSR count).